The van der Waals surface area contributed by atoms with Gasteiger partial charge in [0, 0.05) is 12.1 Å². The zero-order valence-electron chi connectivity index (χ0n) is 12.3. The van der Waals surface area contributed by atoms with Gasteiger partial charge < -0.3 is 25.6 Å². The summed E-state index contributed by atoms with van der Waals surface area (Å²) < 4.78 is 10.9. The summed E-state index contributed by atoms with van der Waals surface area (Å²) in [5.74, 6) is 1.53. The molecule has 0 fully saturated rings. The van der Waals surface area contributed by atoms with E-state index in [-0.39, 0.29) is 12.6 Å². The second-order valence-corrected chi connectivity index (χ2v) is 4.52. The Bertz CT molecular complexity index is 435. The van der Waals surface area contributed by atoms with Crippen molar-refractivity contribution in [3.8, 4) is 11.5 Å². The Labute approximate surface area is 114 Å². The molecule has 19 heavy (non-hydrogen) atoms. The summed E-state index contributed by atoms with van der Waals surface area (Å²) in [6.45, 7) is 4.12. The van der Waals surface area contributed by atoms with Gasteiger partial charge in [-0.2, -0.15) is 0 Å². The lowest BCUT2D eigenvalue weighted by molar-refractivity contribution is 0.137. The van der Waals surface area contributed by atoms with Crippen molar-refractivity contribution in [3.05, 3.63) is 22.8 Å². The standard InChI is InChI=1S/C14H24N2O3/c1-8-9(2)14(19-5)10(6-12(8)18-4)13(16-3)11(17)7-15/h6,11,13,16-17H,7,15H2,1-5H3. The molecule has 5 heteroatoms. The molecule has 0 aliphatic heterocycles. The largest absolute Gasteiger partial charge is 0.496 e. The van der Waals surface area contributed by atoms with Crippen molar-refractivity contribution in [3.63, 3.8) is 0 Å². The van der Waals surface area contributed by atoms with Crippen LogP contribution in [0.4, 0.5) is 0 Å². The number of benzene rings is 1. The third-order valence-electron chi connectivity index (χ3n) is 3.52. The van der Waals surface area contributed by atoms with Crippen molar-refractivity contribution in [2.45, 2.75) is 26.0 Å². The van der Waals surface area contributed by atoms with Gasteiger partial charge in [-0.05, 0) is 38.1 Å². The number of aliphatic hydroxyl groups excluding tert-OH is 1. The highest BCUT2D eigenvalue weighted by molar-refractivity contribution is 5.54. The molecular weight excluding hydrogens is 244 g/mol. The van der Waals surface area contributed by atoms with Crippen molar-refractivity contribution in [1.82, 2.24) is 5.32 Å². The fraction of sp³-hybridized carbons (Fsp3) is 0.571. The van der Waals surface area contributed by atoms with Gasteiger partial charge in [-0.1, -0.05) is 0 Å². The SMILES string of the molecule is CNC(c1cc(OC)c(C)c(C)c1OC)C(O)CN. The Hall–Kier alpha value is -1.30. The molecule has 0 saturated carbocycles. The van der Waals surface area contributed by atoms with E-state index in [0.29, 0.717) is 0 Å². The summed E-state index contributed by atoms with van der Waals surface area (Å²) in [6, 6.07) is 1.59. The maximum absolute atomic E-state index is 10.0. The molecule has 0 aliphatic carbocycles. The number of aliphatic hydroxyl groups is 1. The van der Waals surface area contributed by atoms with E-state index in [0.717, 1.165) is 28.2 Å². The minimum absolute atomic E-state index is 0.171. The highest BCUT2D eigenvalue weighted by Crippen LogP contribution is 2.37. The average molecular weight is 268 g/mol. The van der Waals surface area contributed by atoms with E-state index < -0.39 is 6.10 Å². The lowest BCUT2D eigenvalue weighted by Gasteiger charge is -2.26. The summed E-state index contributed by atoms with van der Waals surface area (Å²) >= 11 is 0. The first-order chi connectivity index (χ1) is 9.01. The van der Waals surface area contributed by atoms with E-state index in [9.17, 15) is 5.11 Å². The van der Waals surface area contributed by atoms with Gasteiger partial charge in [-0.3, -0.25) is 0 Å². The first kappa shape index (κ1) is 15.8. The molecule has 2 atom stereocenters. The molecule has 0 spiro atoms. The predicted molar refractivity (Wildman–Crippen MR) is 75.9 cm³/mol. The summed E-state index contributed by atoms with van der Waals surface area (Å²) in [6.07, 6.45) is -0.689. The third kappa shape index (κ3) is 3.00. The fourth-order valence-electron chi connectivity index (χ4n) is 2.29. The van der Waals surface area contributed by atoms with Crippen LogP contribution in [-0.2, 0) is 0 Å². The smallest absolute Gasteiger partial charge is 0.127 e. The molecule has 0 heterocycles. The Balaban J connectivity index is 3.43. The van der Waals surface area contributed by atoms with Crippen molar-refractivity contribution in [2.24, 2.45) is 5.73 Å². The highest BCUT2D eigenvalue weighted by Gasteiger charge is 2.25. The number of likely N-dealkylation sites (N-methyl/N-ethyl adjacent to an activating group) is 1. The van der Waals surface area contributed by atoms with Crippen LogP contribution in [0.1, 0.15) is 22.7 Å². The molecule has 0 bridgehead atoms. The highest BCUT2D eigenvalue weighted by atomic mass is 16.5. The molecule has 0 aliphatic rings. The summed E-state index contributed by atoms with van der Waals surface area (Å²) in [5.41, 5.74) is 8.43. The second-order valence-electron chi connectivity index (χ2n) is 4.52. The van der Waals surface area contributed by atoms with Crippen LogP contribution in [-0.4, -0.2) is 39.0 Å². The van der Waals surface area contributed by atoms with Crippen LogP contribution in [0, 0.1) is 13.8 Å². The normalized spacial score (nSPS) is 14.1. The van der Waals surface area contributed by atoms with Gasteiger partial charge in [0.05, 0.1) is 26.4 Å². The number of ether oxygens (including phenoxy) is 2. The van der Waals surface area contributed by atoms with E-state index >= 15 is 0 Å². The lowest BCUT2D eigenvalue weighted by Crippen LogP contribution is -2.35. The quantitative estimate of drug-likeness (QED) is 0.714. The number of methoxy groups -OCH3 is 2. The Kier molecular flexibility index (Phi) is 5.60. The first-order valence-electron chi connectivity index (χ1n) is 6.29. The van der Waals surface area contributed by atoms with E-state index in [2.05, 4.69) is 5.32 Å². The van der Waals surface area contributed by atoms with Crippen molar-refractivity contribution >= 4 is 0 Å². The molecule has 0 saturated heterocycles. The van der Waals surface area contributed by atoms with Gasteiger partial charge in [0.25, 0.3) is 0 Å². The molecule has 4 N–H and O–H groups in total. The topological polar surface area (TPSA) is 76.7 Å². The van der Waals surface area contributed by atoms with Crippen LogP contribution in [0.5, 0.6) is 11.5 Å². The predicted octanol–water partition coefficient (Wildman–Crippen LogP) is 0.901. The number of nitrogens with two attached hydrogens (primary N) is 1. The zero-order valence-corrected chi connectivity index (χ0v) is 12.3. The fourth-order valence-corrected chi connectivity index (χ4v) is 2.29. The molecule has 1 aromatic rings. The van der Waals surface area contributed by atoms with Crippen LogP contribution in [0.25, 0.3) is 0 Å². The summed E-state index contributed by atoms with van der Waals surface area (Å²) in [4.78, 5) is 0. The maximum Gasteiger partial charge on any atom is 0.127 e. The van der Waals surface area contributed by atoms with Crippen LogP contribution in [0.3, 0.4) is 0 Å². The van der Waals surface area contributed by atoms with Crippen LogP contribution >= 0.6 is 0 Å². The van der Waals surface area contributed by atoms with Crippen molar-refractivity contribution in [2.75, 3.05) is 27.8 Å². The van der Waals surface area contributed by atoms with Crippen LogP contribution in [0.15, 0.2) is 6.07 Å². The molecular formula is C14H24N2O3. The van der Waals surface area contributed by atoms with Gasteiger partial charge in [-0.15, -0.1) is 0 Å². The maximum atomic E-state index is 10.0. The van der Waals surface area contributed by atoms with Crippen LogP contribution in [0.2, 0.25) is 0 Å². The second kappa shape index (κ2) is 6.75. The molecule has 1 rings (SSSR count). The number of nitrogens with one attached hydrogen (secondary N) is 1. The van der Waals surface area contributed by atoms with E-state index in [1.54, 1.807) is 21.3 Å². The minimum Gasteiger partial charge on any atom is -0.496 e. The van der Waals surface area contributed by atoms with E-state index in [4.69, 9.17) is 15.2 Å². The van der Waals surface area contributed by atoms with Gasteiger partial charge in [0.2, 0.25) is 0 Å². The number of rotatable bonds is 6. The third-order valence-corrected chi connectivity index (χ3v) is 3.52. The molecule has 108 valence electrons. The molecule has 1 aromatic carbocycles. The average Bonchev–Trinajstić information content (AvgIpc) is 2.43. The lowest BCUT2D eigenvalue weighted by atomic mass is 9.95. The van der Waals surface area contributed by atoms with Crippen LogP contribution < -0.4 is 20.5 Å². The molecule has 2 unspecified atom stereocenters. The van der Waals surface area contributed by atoms with E-state index in [1.807, 2.05) is 19.9 Å². The Morgan fingerprint density at radius 2 is 1.89 bits per heavy atom. The molecule has 0 amide bonds. The van der Waals surface area contributed by atoms with Crippen molar-refractivity contribution in [1.29, 1.82) is 0 Å². The van der Waals surface area contributed by atoms with Gasteiger partial charge in [-0.25, -0.2) is 0 Å². The minimum atomic E-state index is -0.689. The van der Waals surface area contributed by atoms with Gasteiger partial charge in [0.1, 0.15) is 11.5 Å². The zero-order chi connectivity index (χ0) is 14.6. The van der Waals surface area contributed by atoms with Crippen molar-refractivity contribution < 1.29 is 14.6 Å². The molecule has 0 aromatic heterocycles. The Morgan fingerprint density at radius 1 is 1.26 bits per heavy atom. The first-order valence-corrected chi connectivity index (χ1v) is 6.29. The summed E-state index contributed by atoms with van der Waals surface area (Å²) in [5, 5.41) is 13.1. The van der Waals surface area contributed by atoms with Gasteiger partial charge in [0.15, 0.2) is 0 Å². The summed E-state index contributed by atoms with van der Waals surface area (Å²) in [7, 11) is 5.04. The van der Waals surface area contributed by atoms with E-state index in [1.165, 1.54) is 0 Å². The number of hydrogen-bond acceptors (Lipinski definition) is 5. The van der Waals surface area contributed by atoms with Gasteiger partial charge >= 0.3 is 0 Å². The Morgan fingerprint density at radius 3 is 2.32 bits per heavy atom. The number of hydrogen-bond donors (Lipinski definition) is 3. The monoisotopic (exact) mass is 268 g/mol. The molecule has 5 nitrogen and oxygen atoms in total. The molecule has 0 radical (unpaired) electrons.